The van der Waals surface area contributed by atoms with Crippen LogP contribution in [0.3, 0.4) is 0 Å². The van der Waals surface area contributed by atoms with Gasteiger partial charge in [-0.1, -0.05) is 49.2 Å². The fourth-order valence-corrected chi connectivity index (χ4v) is 10.7. The normalized spacial score (nSPS) is 18.5. The van der Waals surface area contributed by atoms with Crippen molar-refractivity contribution in [1.82, 2.24) is 9.80 Å². The number of alkyl halides is 2. The molecule has 3 radical (unpaired) electrons. The molecule has 10 nitrogen and oxygen atoms in total. The van der Waals surface area contributed by atoms with Crippen molar-refractivity contribution in [1.29, 1.82) is 5.26 Å². The average Bonchev–Trinajstić information content (AvgIpc) is 3.96. The third-order valence-corrected chi connectivity index (χ3v) is 14.1. The van der Waals surface area contributed by atoms with Crippen molar-refractivity contribution in [3.8, 4) is 6.07 Å². The molecule has 2 N–H and O–H groups in total. The van der Waals surface area contributed by atoms with Crippen molar-refractivity contribution in [2.45, 2.75) is 82.8 Å². The molecule has 299 valence electrons. The van der Waals surface area contributed by atoms with Gasteiger partial charge in [-0.25, -0.2) is 0 Å². The molecular weight excluding hydrogens is 961 g/mol. The SMILES string of the molecule is C=O.CCCC(=O)SCCOP([O][Pb])C(F)(F)c1ccc2sc(C(N)=O)cc2c1.CN1CCC(C#N)C1.O=C1CCCCCC2CCCN12.c1ccccc1. The number of nitrogens with two attached hydrogens (primary N) is 1. The first-order valence-electron chi connectivity index (χ1n) is 18.3. The summed E-state index contributed by atoms with van der Waals surface area (Å²) in [5.74, 6) is 0.440. The van der Waals surface area contributed by atoms with E-state index in [2.05, 4.69) is 22.9 Å². The fourth-order valence-electron chi connectivity index (χ4n) is 6.04. The number of hydrogen-bond acceptors (Lipinski definition) is 10. The van der Waals surface area contributed by atoms with Crippen LogP contribution in [0.4, 0.5) is 8.78 Å². The molecule has 55 heavy (non-hydrogen) atoms. The number of likely N-dealkylation sites (tertiary alicyclic amines) is 1. The number of carbonyl (C=O) groups is 4. The Hall–Kier alpha value is -2.39. The van der Waals surface area contributed by atoms with Gasteiger partial charge >= 0.3 is 182 Å². The van der Waals surface area contributed by atoms with Crippen LogP contribution in [0.15, 0.2) is 60.7 Å². The van der Waals surface area contributed by atoms with Crippen molar-refractivity contribution < 1.29 is 35.0 Å². The Morgan fingerprint density at radius 2 is 1.75 bits per heavy atom. The van der Waals surface area contributed by atoms with Crippen LogP contribution in [0.2, 0.25) is 0 Å². The summed E-state index contributed by atoms with van der Waals surface area (Å²) in [6.45, 7) is 7.01. The van der Waals surface area contributed by atoms with Gasteiger partial charge in [0.15, 0.2) is 0 Å². The van der Waals surface area contributed by atoms with Gasteiger partial charge in [-0.15, -0.1) is 0 Å². The predicted molar refractivity (Wildman–Crippen MR) is 219 cm³/mol. The Balaban J connectivity index is 0.000000301. The van der Waals surface area contributed by atoms with E-state index in [0.717, 1.165) is 68.4 Å². The number of halogens is 2. The van der Waals surface area contributed by atoms with E-state index in [1.807, 2.05) is 50.1 Å². The molecule has 0 saturated carbocycles. The van der Waals surface area contributed by atoms with Crippen molar-refractivity contribution in [3.05, 3.63) is 71.1 Å². The first-order chi connectivity index (χ1) is 26.5. The van der Waals surface area contributed by atoms with Crippen molar-refractivity contribution >= 4 is 91.5 Å². The third-order valence-electron chi connectivity index (χ3n) is 8.79. The molecular formula is C39H52F2N4O6PPbS2. The maximum atomic E-state index is 14.9. The van der Waals surface area contributed by atoms with Gasteiger partial charge in [0.25, 0.3) is 0 Å². The summed E-state index contributed by atoms with van der Waals surface area (Å²) in [6.07, 6.45) is 10.5. The van der Waals surface area contributed by atoms with Crippen LogP contribution in [0, 0.1) is 17.2 Å². The Morgan fingerprint density at radius 3 is 2.31 bits per heavy atom. The molecule has 2 amide bonds. The summed E-state index contributed by atoms with van der Waals surface area (Å²) in [4.78, 5) is 46.9. The molecule has 0 bridgehead atoms. The van der Waals surface area contributed by atoms with Crippen molar-refractivity contribution in [2.75, 3.05) is 39.0 Å². The van der Waals surface area contributed by atoms with Gasteiger partial charge in [-0.05, 0) is 45.7 Å². The smallest absolute Gasteiger partial charge is 0.222 e. The number of benzene rings is 2. The fraction of sp³-hybridized carbons (Fsp3) is 0.513. The van der Waals surface area contributed by atoms with Gasteiger partial charge in [0.2, 0.25) is 5.91 Å². The molecule has 0 aliphatic carbocycles. The van der Waals surface area contributed by atoms with Crippen LogP contribution >= 0.6 is 31.5 Å². The summed E-state index contributed by atoms with van der Waals surface area (Å²) in [6, 6.07) is 20.5. The second-order valence-corrected chi connectivity index (χ2v) is 18.8. The minimum atomic E-state index is -3.31. The van der Waals surface area contributed by atoms with Crippen LogP contribution in [0.1, 0.15) is 86.4 Å². The van der Waals surface area contributed by atoms with Crippen molar-refractivity contribution in [2.24, 2.45) is 11.7 Å². The molecule has 16 heteroatoms. The van der Waals surface area contributed by atoms with E-state index in [0.29, 0.717) is 45.0 Å². The standard InChI is InChI=1S/C16H17F2NO4PS2.C10H17NO.C6H10N2.C6H6.CH2O.Pb/c1-2-3-14(20)25-7-6-23-24(22)16(17,18)11-4-5-12-10(8-11)9-13(26-12)15(19)21;12-10-7-3-1-2-5-9-6-4-8-11(9)10;1-8-3-2-6(4-7)5-8;1-2-4-6-5-3-1;1-2;/h4-5,8-9H,2-3,6-7H2,1H3,(H2,19,21);9H,1-8H2;6H,2-3,5H2,1H3;1-6H;1H2;/q-1;;;;;+1. The topological polar surface area (TPSA) is 143 Å². The van der Waals surface area contributed by atoms with Crippen LogP contribution < -0.4 is 5.73 Å². The van der Waals surface area contributed by atoms with E-state index in [4.69, 9.17) is 22.8 Å². The number of nitriles is 1. The van der Waals surface area contributed by atoms with Gasteiger partial charge in [0.1, 0.15) is 6.79 Å². The molecule has 3 saturated heterocycles. The quantitative estimate of drug-likeness (QED) is 0.120. The summed E-state index contributed by atoms with van der Waals surface area (Å²) >= 11 is 2.34. The summed E-state index contributed by atoms with van der Waals surface area (Å²) in [5.41, 5.74) is 1.70. The van der Waals surface area contributed by atoms with E-state index in [9.17, 15) is 23.2 Å². The number of fused-ring (bicyclic) bond motifs is 2. The van der Waals surface area contributed by atoms with Gasteiger partial charge in [0, 0.05) is 25.6 Å². The third kappa shape index (κ3) is 17.3. The summed E-state index contributed by atoms with van der Waals surface area (Å²) in [7, 11) is -0.409. The second kappa shape index (κ2) is 27.3. The molecule has 6 rings (SSSR count). The maximum absolute atomic E-state index is 14.9. The number of primary amides is 1. The predicted octanol–water partition coefficient (Wildman–Crippen LogP) is 8.44. The molecule has 2 aromatic carbocycles. The molecule has 1 aromatic heterocycles. The minimum Gasteiger partial charge on any atom is -0.340 e. The number of thiophene rings is 1. The van der Waals surface area contributed by atoms with Gasteiger partial charge in [-0.3, -0.25) is 4.79 Å². The van der Waals surface area contributed by atoms with E-state index >= 15 is 0 Å². The number of thioether (sulfide) groups is 1. The molecule has 0 spiro atoms. The number of hydrogen-bond donors (Lipinski definition) is 1. The number of rotatable bonds is 10. The largest absolute Gasteiger partial charge is 0.340 e. The monoisotopic (exact) mass is 1010 g/mol. The van der Waals surface area contributed by atoms with Crippen LogP contribution in [0.5, 0.6) is 0 Å². The molecule has 3 aliphatic heterocycles. The van der Waals surface area contributed by atoms with E-state index < -0.39 is 19.9 Å². The number of amides is 2. The molecule has 4 heterocycles. The molecule has 3 fully saturated rings. The zero-order valence-corrected chi connectivity index (χ0v) is 38.0. The van der Waals surface area contributed by atoms with E-state index in [1.165, 1.54) is 56.4 Å². The minimum absolute atomic E-state index is 0.0101. The number of nitrogens with zero attached hydrogens (tertiary/aromatic N) is 3. The summed E-state index contributed by atoms with van der Waals surface area (Å²) in [5, 5.41) is 8.96. The molecule has 3 aromatic rings. The molecule has 3 atom stereocenters. The average molecular weight is 1010 g/mol. The van der Waals surface area contributed by atoms with E-state index in [-0.39, 0.29) is 43.5 Å². The van der Waals surface area contributed by atoms with Crippen LogP contribution in [-0.2, 0) is 27.0 Å². The maximum Gasteiger partial charge on any atom is 0.222 e. The van der Waals surface area contributed by atoms with Gasteiger partial charge in [0.05, 0.1) is 12.0 Å². The van der Waals surface area contributed by atoms with Crippen molar-refractivity contribution in [3.63, 3.8) is 0 Å². The zero-order chi connectivity index (χ0) is 40.6. The Morgan fingerprint density at radius 1 is 1.07 bits per heavy atom. The van der Waals surface area contributed by atoms with E-state index in [1.54, 1.807) is 0 Å². The van der Waals surface area contributed by atoms with Gasteiger partial charge < -0.3 is 14.6 Å². The zero-order valence-electron chi connectivity index (χ0n) is 31.6. The molecule has 3 aliphatic rings. The first kappa shape index (κ1) is 48.8. The van der Waals surface area contributed by atoms with Gasteiger partial charge in [-0.2, -0.15) is 5.26 Å². The summed E-state index contributed by atoms with van der Waals surface area (Å²) < 4.78 is 40.7. The Labute approximate surface area is 350 Å². The van der Waals surface area contributed by atoms with Crippen LogP contribution in [0.25, 0.3) is 10.1 Å². The Kier molecular flexibility index (Phi) is 24.2. The molecule has 3 unspecified atom stereocenters. The first-order valence-corrected chi connectivity index (χ1v) is 22.9. The second-order valence-electron chi connectivity index (χ2n) is 12.9. The van der Waals surface area contributed by atoms with Crippen LogP contribution in [-0.4, -0.2) is 105 Å². The Bertz CT molecular complexity index is 1610. The number of carbonyl (C=O) groups excluding carboxylic acids is 4.